The average molecular weight is 261 g/mol. The Morgan fingerprint density at radius 2 is 2.33 bits per heavy atom. The number of anilines is 1. The molecular weight excluding hydrogens is 248 g/mol. The Labute approximate surface area is 101 Å². The number of aliphatic hydroxyl groups is 1. The summed E-state index contributed by atoms with van der Waals surface area (Å²) in [6.07, 6.45) is -1.69. The highest BCUT2D eigenvalue weighted by atomic mass is 19.3. The molecule has 18 heavy (non-hydrogen) atoms. The zero-order chi connectivity index (χ0) is 13.5. The SMILES string of the molecule is C[C@@H]1[C@@H](CO)OC(n2ccc(N)nc2=O)C1(F)F. The average Bonchev–Trinajstić information content (AvgIpc) is 2.52. The summed E-state index contributed by atoms with van der Waals surface area (Å²) < 4.78 is 33.6. The number of nitrogen functional groups attached to an aromatic ring is 1. The van der Waals surface area contributed by atoms with Gasteiger partial charge in [0.25, 0.3) is 5.92 Å². The molecule has 100 valence electrons. The lowest BCUT2D eigenvalue weighted by Gasteiger charge is -2.21. The highest BCUT2D eigenvalue weighted by Crippen LogP contribution is 2.45. The molecule has 1 aromatic heterocycles. The van der Waals surface area contributed by atoms with Crippen LogP contribution in [0.15, 0.2) is 17.1 Å². The predicted molar refractivity (Wildman–Crippen MR) is 58.0 cm³/mol. The zero-order valence-corrected chi connectivity index (χ0v) is 9.59. The maximum absolute atomic E-state index is 14.0. The molecule has 3 atom stereocenters. The van der Waals surface area contributed by atoms with E-state index in [9.17, 15) is 13.6 Å². The number of aliphatic hydroxyl groups excluding tert-OH is 1. The molecule has 0 aromatic carbocycles. The second-order valence-corrected chi connectivity index (χ2v) is 4.21. The Hall–Kier alpha value is -1.54. The van der Waals surface area contributed by atoms with Gasteiger partial charge in [0.05, 0.1) is 18.6 Å². The Morgan fingerprint density at radius 1 is 1.67 bits per heavy atom. The minimum atomic E-state index is -3.27. The van der Waals surface area contributed by atoms with Crippen LogP contribution in [-0.2, 0) is 4.74 Å². The van der Waals surface area contributed by atoms with E-state index < -0.39 is 36.5 Å². The van der Waals surface area contributed by atoms with E-state index >= 15 is 0 Å². The molecule has 2 rings (SSSR count). The first-order valence-corrected chi connectivity index (χ1v) is 5.36. The number of alkyl halides is 2. The second-order valence-electron chi connectivity index (χ2n) is 4.21. The zero-order valence-electron chi connectivity index (χ0n) is 9.59. The Balaban J connectivity index is 2.42. The van der Waals surface area contributed by atoms with E-state index in [1.54, 1.807) is 0 Å². The summed E-state index contributed by atoms with van der Waals surface area (Å²) in [6.45, 7) is 0.723. The largest absolute Gasteiger partial charge is 0.394 e. The van der Waals surface area contributed by atoms with Gasteiger partial charge >= 0.3 is 5.69 Å². The van der Waals surface area contributed by atoms with Gasteiger partial charge in [-0.05, 0) is 6.07 Å². The molecule has 1 aromatic rings. The lowest BCUT2D eigenvalue weighted by molar-refractivity contribution is -0.126. The van der Waals surface area contributed by atoms with Crippen molar-refractivity contribution in [3.8, 4) is 0 Å². The molecule has 0 saturated carbocycles. The van der Waals surface area contributed by atoms with Crippen LogP contribution in [0.1, 0.15) is 13.2 Å². The van der Waals surface area contributed by atoms with Gasteiger partial charge < -0.3 is 15.6 Å². The normalized spacial score (nSPS) is 30.6. The number of nitrogens with two attached hydrogens (primary N) is 1. The predicted octanol–water partition coefficient (Wildman–Crippen LogP) is -0.0134. The smallest absolute Gasteiger partial charge is 0.351 e. The Kier molecular flexibility index (Phi) is 3.07. The first-order chi connectivity index (χ1) is 8.37. The highest BCUT2D eigenvalue weighted by molar-refractivity contribution is 5.23. The molecule has 0 amide bonds. The van der Waals surface area contributed by atoms with Gasteiger partial charge in [0, 0.05) is 6.20 Å². The molecule has 0 bridgehead atoms. The van der Waals surface area contributed by atoms with Crippen LogP contribution in [0, 0.1) is 5.92 Å². The second kappa shape index (κ2) is 4.29. The molecule has 8 heteroatoms. The topological polar surface area (TPSA) is 90.4 Å². The summed E-state index contributed by atoms with van der Waals surface area (Å²) >= 11 is 0. The third-order valence-electron chi connectivity index (χ3n) is 3.08. The molecule has 2 heterocycles. The van der Waals surface area contributed by atoms with Crippen LogP contribution in [0.5, 0.6) is 0 Å². The number of hydrogen-bond acceptors (Lipinski definition) is 5. The van der Waals surface area contributed by atoms with Crippen LogP contribution in [0.2, 0.25) is 0 Å². The van der Waals surface area contributed by atoms with Crippen molar-refractivity contribution in [1.29, 1.82) is 0 Å². The van der Waals surface area contributed by atoms with Crippen molar-refractivity contribution in [3.63, 3.8) is 0 Å². The monoisotopic (exact) mass is 261 g/mol. The molecule has 3 N–H and O–H groups in total. The maximum Gasteiger partial charge on any atom is 0.351 e. The molecule has 0 aliphatic carbocycles. The van der Waals surface area contributed by atoms with Crippen molar-refractivity contribution < 1.29 is 18.6 Å². The van der Waals surface area contributed by atoms with Gasteiger partial charge in [-0.15, -0.1) is 0 Å². The fourth-order valence-electron chi connectivity index (χ4n) is 1.90. The van der Waals surface area contributed by atoms with Crippen LogP contribution in [0.4, 0.5) is 14.6 Å². The van der Waals surface area contributed by atoms with E-state index in [-0.39, 0.29) is 5.82 Å². The van der Waals surface area contributed by atoms with Crippen molar-refractivity contribution in [2.75, 3.05) is 12.3 Å². The van der Waals surface area contributed by atoms with Crippen LogP contribution < -0.4 is 11.4 Å². The Morgan fingerprint density at radius 3 is 2.83 bits per heavy atom. The third kappa shape index (κ3) is 1.87. The van der Waals surface area contributed by atoms with Gasteiger partial charge in [-0.2, -0.15) is 4.98 Å². The molecule has 0 radical (unpaired) electrons. The fraction of sp³-hybridized carbons (Fsp3) is 0.600. The van der Waals surface area contributed by atoms with Crippen LogP contribution in [0.3, 0.4) is 0 Å². The van der Waals surface area contributed by atoms with E-state index in [4.69, 9.17) is 15.6 Å². The Bertz CT molecular complexity index is 505. The number of aromatic nitrogens is 2. The van der Waals surface area contributed by atoms with Crippen molar-refractivity contribution in [3.05, 3.63) is 22.7 Å². The first-order valence-electron chi connectivity index (χ1n) is 5.36. The molecular formula is C10H13F2N3O3. The van der Waals surface area contributed by atoms with Crippen molar-refractivity contribution >= 4 is 5.82 Å². The lowest BCUT2D eigenvalue weighted by atomic mass is 10.00. The van der Waals surface area contributed by atoms with Crippen molar-refractivity contribution in [1.82, 2.24) is 9.55 Å². The minimum Gasteiger partial charge on any atom is -0.394 e. The standard InChI is InChI=1S/C10H13F2N3O3/c1-5-6(4-16)18-8(10(5,11)12)15-3-2-7(13)14-9(15)17/h2-3,5-6,8,16H,4H2,1H3,(H2,13,14,17)/t5-,6-,8?/m1/s1. The third-order valence-corrected chi connectivity index (χ3v) is 3.08. The van der Waals surface area contributed by atoms with E-state index in [1.165, 1.54) is 13.0 Å². The fourth-order valence-corrected chi connectivity index (χ4v) is 1.90. The van der Waals surface area contributed by atoms with Crippen LogP contribution in [-0.4, -0.2) is 33.3 Å². The maximum atomic E-state index is 14.0. The number of hydrogen-bond donors (Lipinski definition) is 2. The van der Waals surface area contributed by atoms with E-state index in [2.05, 4.69) is 4.98 Å². The molecule has 6 nitrogen and oxygen atoms in total. The van der Waals surface area contributed by atoms with E-state index in [0.29, 0.717) is 4.57 Å². The van der Waals surface area contributed by atoms with Gasteiger partial charge in [0.2, 0.25) is 6.23 Å². The van der Waals surface area contributed by atoms with E-state index in [0.717, 1.165) is 6.20 Å². The highest BCUT2D eigenvalue weighted by Gasteiger charge is 2.57. The molecule has 1 unspecified atom stereocenters. The first kappa shape index (κ1) is 12.9. The van der Waals surface area contributed by atoms with Crippen LogP contribution >= 0.6 is 0 Å². The van der Waals surface area contributed by atoms with Gasteiger partial charge in [-0.1, -0.05) is 6.92 Å². The summed E-state index contributed by atoms with van der Waals surface area (Å²) in [5.41, 5.74) is 4.37. The molecule has 1 aliphatic heterocycles. The summed E-state index contributed by atoms with van der Waals surface area (Å²) in [6, 6.07) is 1.23. The van der Waals surface area contributed by atoms with Crippen molar-refractivity contribution in [2.45, 2.75) is 25.2 Å². The number of ether oxygens (including phenoxy) is 1. The summed E-state index contributed by atoms with van der Waals surface area (Å²) in [4.78, 5) is 14.9. The molecule has 1 aliphatic rings. The summed E-state index contributed by atoms with van der Waals surface area (Å²) in [5.74, 6) is -4.52. The molecule has 1 fully saturated rings. The van der Waals surface area contributed by atoms with Gasteiger partial charge in [-0.3, -0.25) is 4.57 Å². The van der Waals surface area contributed by atoms with Crippen molar-refractivity contribution in [2.24, 2.45) is 5.92 Å². The molecule has 0 spiro atoms. The quantitative estimate of drug-likeness (QED) is 0.781. The summed E-state index contributed by atoms with van der Waals surface area (Å²) in [5, 5.41) is 8.97. The van der Waals surface area contributed by atoms with E-state index in [1.807, 2.05) is 0 Å². The lowest BCUT2D eigenvalue weighted by Crippen LogP contribution is -2.37. The number of halogens is 2. The van der Waals surface area contributed by atoms with Gasteiger partial charge in [-0.25, -0.2) is 13.6 Å². The molecule has 1 saturated heterocycles. The number of nitrogens with zero attached hydrogens (tertiary/aromatic N) is 2. The van der Waals surface area contributed by atoms with Gasteiger partial charge in [0.15, 0.2) is 0 Å². The van der Waals surface area contributed by atoms with Gasteiger partial charge in [0.1, 0.15) is 5.82 Å². The van der Waals surface area contributed by atoms with Crippen LogP contribution in [0.25, 0.3) is 0 Å². The number of rotatable bonds is 2. The minimum absolute atomic E-state index is 0.0516. The summed E-state index contributed by atoms with van der Waals surface area (Å²) in [7, 11) is 0.